The van der Waals surface area contributed by atoms with Gasteiger partial charge < -0.3 is 14.7 Å². The van der Waals surface area contributed by atoms with Gasteiger partial charge in [0.1, 0.15) is 17.1 Å². The highest BCUT2D eigenvalue weighted by atomic mass is 35.5. The zero-order valence-corrected chi connectivity index (χ0v) is 17.3. The molecule has 154 valence electrons. The highest BCUT2D eigenvalue weighted by Crippen LogP contribution is 2.22. The fourth-order valence-corrected chi connectivity index (χ4v) is 3.88. The molecule has 0 spiro atoms. The first-order chi connectivity index (χ1) is 14.4. The molecule has 2 N–H and O–H groups in total. The average Bonchev–Trinajstić information content (AvgIpc) is 3.34. The van der Waals surface area contributed by atoms with E-state index in [1.54, 1.807) is 18.2 Å². The van der Waals surface area contributed by atoms with Crippen LogP contribution in [0.4, 0.5) is 10.1 Å². The number of rotatable bonds is 6. The SMILES string of the molecule is Cc1cc2nc(SCC(=O)Nc3ccc(Cl)cc3F)n(Cc3ccco3)c(=O)c2[nH]1. The fourth-order valence-electron chi connectivity index (χ4n) is 2.93. The third kappa shape index (κ3) is 4.27. The number of amides is 1. The molecule has 0 fully saturated rings. The molecule has 30 heavy (non-hydrogen) atoms. The number of thioether (sulfide) groups is 1. The molecule has 0 aliphatic heterocycles. The van der Waals surface area contributed by atoms with Crippen molar-refractivity contribution in [3.05, 3.63) is 75.3 Å². The number of anilines is 1. The van der Waals surface area contributed by atoms with Crippen LogP contribution < -0.4 is 10.9 Å². The number of H-pyrrole nitrogens is 1. The summed E-state index contributed by atoms with van der Waals surface area (Å²) in [6.45, 7) is 2.00. The third-order valence-electron chi connectivity index (χ3n) is 4.27. The van der Waals surface area contributed by atoms with E-state index in [1.807, 2.05) is 6.92 Å². The number of nitrogens with one attached hydrogen (secondary N) is 2. The molecule has 7 nitrogen and oxygen atoms in total. The van der Waals surface area contributed by atoms with Crippen molar-refractivity contribution in [2.45, 2.75) is 18.6 Å². The molecule has 0 atom stereocenters. The van der Waals surface area contributed by atoms with Crippen molar-refractivity contribution >= 4 is 46.0 Å². The summed E-state index contributed by atoms with van der Waals surface area (Å²) in [6, 6.07) is 9.24. The van der Waals surface area contributed by atoms with Crippen LogP contribution in [-0.2, 0) is 11.3 Å². The van der Waals surface area contributed by atoms with Crippen LogP contribution >= 0.6 is 23.4 Å². The molecular formula is C20H16ClFN4O3S. The van der Waals surface area contributed by atoms with Crippen LogP contribution in [0.5, 0.6) is 0 Å². The van der Waals surface area contributed by atoms with Crippen molar-refractivity contribution in [2.75, 3.05) is 11.1 Å². The van der Waals surface area contributed by atoms with E-state index in [1.165, 1.54) is 23.0 Å². The molecule has 1 aromatic carbocycles. The number of halogens is 2. The maximum atomic E-state index is 13.9. The Hall–Kier alpha value is -3.04. The summed E-state index contributed by atoms with van der Waals surface area (Å²) in [4.78, 5) is 32.8. The summed E-state index contributed by atoms with van der Waals surface area (Å²) in [5.41, 5.74) is 1.46. The number of fused-ring (bicyclic) bond motifs is 1. The van der Waals surface area contributed by atoms with Crippen molar-refractivity contribution < 1.29 is 13.6 Å². The summed E-state index contributed by atoms with van der Waals surface area (Å²) < 4.78 is 20.7. The maximum Gasteiger partial charge on any atom is 0.278 e. The summed E-state index contributed by atoms with van der Waals surface area (Å²) in [7, 11) is 0. The molecule has 10 heteroatoms. The number of furan rings is 1. The van der Waals surface area contributed by atoms with E-state index in [-0.39, 0.29) is 28.6 Å². The highest BCUT2D eigenvalue weighted by Gasteiger charge is 2.16. The Labute approximate surface area is 179 Å². The summed E-state index contributed by atoms with van der Waals surface area (Å²) >= 11 is 6.81. The summed E-state index contributed by atoms with van der Waals surface area (Å²) in [6.07, 6.45) is 1.52. The molecule has 4 aromatic rings. The van der Waals surface area contributed by atoms with Gasteiger partial charge in [0, 0.05) is 10.7 Å². The number of carbonyl (C=O) groups is 1. The van der Waals surface area contributed by atoms with Crippen LogP contribution in [0.25, 0.3) is 11.0 Å². The first kappa shape index (κ1) is 20.2. The number of hydrogen-bond acceptors (Lipinski definition) is 5. The van der Waals surface area contributed by atoms with Gasteiger partial charge in [-0.2, -0.15) is 0 Å². The van der Waals surface area contributed by atoms with Gasteiger partial charge in [-0.3, -0.25) is 14.2 Å². The number of benzene rings is 1. The van der Waals surface area contributed by atoms with Crippen LogP contribution in [0, 0.1) is 12.7 Å². The van der Waals surface area contributed by atoms with Crippen LogP contribution in [0.1, 0.15) is 11.5 Å². The monoisotopic (exact) mass is 446 g/mol. The third-order valence-corrected chi connectivity index (χ3v) is 5.48. The molecule has 3 aromatic heterocycles. The van der Waals surface area contributed by atoms with E-state index in [9.17, 15) is 14.0 Å². The van der Waals surface area contributed by atoms with E-state index < -0.39 is 11.7 Å². The zero-order valence-electron chi connectivity index (χ0n) is 15.7. The lowest BCUT2D eigenvalue weighted by atomic mass is 10.3. The zero-order chi connectivity index (χ0) is 21.3. The van der Waals surface area contributed by atoms with Crippen LogP contribution in [0.2, 0.25) is 5.02 Å². The molecule has 0 radical (unpaired) electrons. The number of aromatic amines is 1. The number of aromatic nitrogens is 3. The lowest BCUT2D eigenvalue weighted by Gasteiger charge is -2.11. The molecule has 0 saturated heterocycles. The van der Waals surface area contributed by atoms with Crippen molar-refractivity contribution in [2.24, 2.45) is 0 Å². The first-order valence-electron chi connectivity index (χ1n) is 8.91. The molecule has 0 saturated carbocycles. The van der Waals surface area contributed by atoms with E-state index >= 15 is 0 Å². The van der Waals surface area contributed by atoms with Crippen LogP contribution in [-0.4, -0.2) is 26.2 Å². The van der Waals surface area contributed by atoms with Gasteiger partial charge in [0.05, 0.1) is 29.8 Å². The Morgan fingerprint density at radius 3 is 2.93 bits per heavy atom. The smallest absolute Gasteiger partial charge is 0.278 e. The second-order valence-electron chi connectivity index (χ2n) is 6.54. The van der Waals surface area contributed by atoms with Gasteiger partial charge in [-0.15, -0.1) is 0 Å². The summed E-state index contributed by atoms with van der Waals surface area (Å²) in [5, 5.41) is 3.09. The number of hydrogen-bond donors (Lipinski definition) is 2. The van der Waals surface area contributed by atoms with Crippen molar-refractivity contribution in [1.82, 2.24) is 14.5 Å². The lowest BCUT2D eigenvalue weighted by molar-refractivity contribution is -0.113. The second-order valence-corrected chi connectivity index (χ2v) is 7.92. The Morgan fingerprint density at radius 2 is 2.20 bits per heavy atom. The quantitative estimate of drug-likeness (QED) is 0.342. The molecule has 4 rings (SSSR count). The Bertz CT molecular complexity index is 1280. The minimum Gasteiger partial charge on any atom is -0.467 e. The fraction of sp³-hybridized carbons (Fsp3) is 0.150. The van der Waals surface area contributed by atoms with Gasteiger partial charge in [0.15, 0.2) is 5.16 Å². The van der Waals surface area contributed by atoms with Gasteiger partial charge in [-0.05, 0) is 43.3 Å². The molecular weight excluding hydrogens is 431 g/mol. The van der Waals surface area contributed by atoms with E-state index in [0.29, 0.717) is 22.0 Å². The maximum absolute atomic E-state index is 13.9. The minimum atomic E-state index is -0.627. The standard InChI is InChI=1S/C20H16ClFN4O3S/c1-11-7-16-18(23-11)19(28)26(9-13-3-2-6-29-13)20(25-16)30-10-17(27)24-15-5-4-12(21)8-14(15)22/h2-8,23H,9-10H2,1H3,(H,24,27). The average molecular weight is 447 g/mol. The van der Waals surface area contributed by atoms with Gasteiger partial charge in [0.2, 0.25) is 5.91 Å². The van der Waals surface area contributed by atoms with E-state index in [2.05, 4.69) is 15.3 Å². The van der Waals surface area contributed by atoms with Crippen LogP contribution in [0.3, 0.4) is 0 Å². The van der Waals surface area contributed by atoms with Gasteiger partial charge in [-0.1, -0.05) is 23.4 Å². The highest BCUT2D eigenvalue weighted by molar-refractivity contribution is 7.99. The first-order valence-corrected chi connectivity index (χ1v) is 10.3. The Balaban J connectivity index is 1.59. The Kier molecular flexibility index (Phi) is 5.65. The van der Waals surface area contributed by atoms with E-state index in [4.69, 9.17) is 16.0 Å². The Morgan fingerprint density at radius 1 is 1.37 bits per heavy atom. The van der Waals surface area contributed by atoms with Crippen molar-refractivity contribution in [3.63, 3.8) is 0 Å². The van der Waals surface area contributed by atoms with Gasteiger partial charge in [-0.25, -0.2) is 9.37 Å². The number of carbonyl (C=O) groups excluding carboxylic acids is 1. The molecule has 1 amide bonds. The molecule has 0 aliphatic rings. The van der Waals surface area contributed by atoms with Crippen molar-refractivity contribution in [1.29, 1.82) is 0 Å². The summed E-state index contributed by atoms with van der Waals surface area (Å²) in [5.74, 6) is -0.555. The lowest BCUT2D eigenvalue weighted by Crippen LogP contribution is -2.24. The predicted octanol–water partition coefficient (Wildman–Crippen LogP) is 4.20. The second kappa shape index (κ2) is 8.37. The molecule has 0 bridgehead atoms. The topological polar surface area (TPSA) is 92.9 Å². The minimum absolute atomic E-state index is 0.0302. The predicted molar refractivity (Wildman–Crippen MR) is 114 cm³/mol. The largest absolute Gasteiger partial charge is 0.467 e. The molecule has 0 unspecified atom stereocenters. The van der Waals surface area contributed by atoms with Crippen molar-refractivity contribution in [3.8, 4) is 0 Å². The van der Waals surface area contributed by atoms with Gasteiger partial charge in [0.25, 0.3) is 5.56 Å². The number of nitrogens with zero attached hydrogens (tertiary/aromatic N) is 2. The van der Waals surface area contributed by atoms with Gasteiger partial charge >= 0.3 is 0 Å². The van der Waals surface area contributed by atoms with E-state index in [0.717, 1.165) is 23.5 Å². The molecule has 0 aliphatic carbocycles. The number of aryl methyl sites for hydroxylation is 1. The van der Waals surface area contributed by atoms with Crippen LogP contribution in [0.15, 0.2) is 57.0 Å². The normalized spacial score (nSPS) is 11.2. The molecule has 3 heterocycles.